The van der Waals surface area contributed by atoms with Crippen molar-refractivity contribution in [2.75, 3.05) is 21.3 Å². The summed E-state index contributed by atoms with van der Waals surface area (Å²) in [6.45, 7) is 0.782. The molecule has 0 spiro atoms. The monoisotopic (exact) mass is 416 g/mol. The molecule has 7 heteroatoms. The molecule has 0 radical (unpaired) electrons. The van der Waals surface area contributed by atoms with E-state index in [1.807, 2.05) is 36.8 Å². The van der Waals surface area contributed by atoms with Crippen LogP contribution in [0.25, 0.3) is 0 Å². The van der Waals surface area contributed by atoms with Gasteiger partial charge in [0.2, 0.25) is 0 Å². The van der Waals surface area contributed by atoms with Crippen molar-refractivity contribution in [1.29, 1.82) is 0 Å². The fourth-order valence-electron chi connectivity index (χ4n) is 3.05. The van der Waals surface area contributed by atoms with Gasteiger partial charge < -0.3 is 18.8 Å². The van der Waals surface area contributed by atoms with Crippen LogP contribution in [0, 0.1) is 5.82 Å². The van der Waals surface area contributed by atoms with Gasteiger partial charge in [-0.1, -0.05) is 12.1 Å². The summed E-state index contributed by atoms with van der Waals surface area (Å²) in [5, 5.41) is 0.227. The molecule has 2 aromatic carbocycles. The fraction of sp³-hybridized carbons (Fsp3) is 0.318. The maximum atomic E-state index is 13.2. The Morgan fingerprint density at radius 3 is 2.28 bits per heavy atom. The van der Waals surface area contributed by atoms with Gasteiger partial charge in [-0.2, -0.15) is 0 Å². The molecule has 154 valence electrons. The maximum Gasteiger partial charge on any atom is 0.139 e. The van der Waals surface area contributed by atoms with Crippen LogP contribution >= 0.6 is 11.8 Å². The van der Waals surface area contributed by atoms with Crippen LogP contribution in [0.15, 0.2) is 60.0 Å². The molecule has 3 aromatic rings. The van der Waals surface area contributed by atoms with E-state index in [1.165, 1.54) is 12.1 Å². The van der Waals surface area contributed by atoms with Gasteiger partial charge in [-0.25, -0.2) is 9.37 Å². The number of aryl methyl sites for hydroxylation is 1. The summed E-state index contributed by atoms with van der Waals surface area (Å²) in [4.78, 5) is 5.08. The Morgan fingerprint density at radius 1 is 1.03 bits per heavy atom. The van der Waals surface area contributed by atoms with Gasteiger partial charge in [-0.3, -0.25) is 0 Å². The maximum absolute atomic E-state index is 13.2. The third kappa shape index (κ3) is 5.67. The van der Waals surface area contributed by atoms with Gasteiger partial charge in [0.15, 0.2) is 0 Å². The lowest BCUT2D eigenvalue weighted by molar-refractivity contribution is 0.361. The minimum atomic E-state index is -0.217. The molecule has 0 aliphatic carbocycles. The van der Waals surface area contributed by atoms with Crippen LogP contribution in [-0.2, 0) is 13.0 Å². The number of hydrogen-bond donors (Lipinski definition) is 0. The molecule has 1 heterocycles. The molecular formula is C22H25FN2O3S. The van der Waals surface area contributed by atoms with Crippen molar-refractivity contribution in [3.63, 3.8) is 0 Å². The summed E-state index contributed by atoms with van der Waals surface area (Å²) >= 11 is 1.70. The summed E-state index contributed by atoms with van der Waals surface area (Å²) in [7, 11) is 4.90. The number of benzene rings is 2. The van der Waals surface area contributed by atoms with Gasteiger partial charge in [0, 0.05) is 36.3 Å². The first-order valence-corrected chi connectivity index (χ1v) is 10.2. The van der Waals surface area contributed by atoms with Crippen LogP contribution < -0.4 is 14.2 Å². The van der Waals surface area contributed by atoms with Crippen LogP contribution in [0.3, 0.4) is 0 Å². The molecule has 29 heavy (non-hydrogen) atoms. The van der Waals surface area contributed by atoms with Gasteiger partial charge in [-0.05, 0) is 30.5 Å². The second-order valence-corrected chi connectivity index (χ2v) is 7.84. The topological polar surface area (TPSA) is 45.5 Å². The van der Waals surface area contributed by atoms with Crippen molar-refractivity contribution >= 4 is 11.8 Å². The Morgan fingerprint density at radius 2 is 1.72 bits per heavy atom. The highest BCUT2D eigenvalue weighted by Gasteiger charge is 2.20. The van der Waals surface area contributed by atoms with Gasteiger partial charge in [0.25, 0.3) is 0 Å². The summed E-state index contributed by atoms with van der Waals surface area (Å²) in [6.07, 6.45) is 7.28. The van der Waals surface area contributed by atoms with Gasteiger partial charge >= 0.3 is 0 Å². The van der Waals surface area contributed by atoms with Crippen LogP contribution in [0.2, 0.25) is 0 Å². The SMILES string of the molecule is COc1cc(OC)c(SC(CCc2ccc(F)cc2)Cn2ccnc2)c(OC)c1. The number of ether oxygens (including phenoxy) is 3. The minimum Gasteiger partial charge on any atom is -0.496 e. The summed E-state index contributed by atoms with van der Waals surface area (Å²) in [5.74, 6) is 1.89. The highest BCUT2D eigenvalue weighted by Crippen LogP contribution is 2.44. The third-order valence-electron chi connectivity index (χ3n) is 4.60. The predicted octanol–water partition coefficient (Wildman–Crippen LogP) is 4.84. The summed E-state index contributed by atoms with van der Waals surface area (Å²) in [6, 6.07) is 10.4. The van der Waals surface area contributed by atoms with Crippen molar-refractivity contribution < 1.29 is 18.6 Å². The number of rotatable bonds is 10. The van der Waals surface area contributed by atoms with Gasteiger partial charge in [0.05, 0.1) is 32.6 Å². The number of imidazole rings is 1. The van der Waals surface area contributed by atoms with E-state index in [0.29, 0.717) is 17.2 Å². The van der Waals surface area contributed by atoms with Crippen molar-refractivity contribution in [1.82, 2.24) is 9.55 Å². The van der Waals surface area contributed by atoms with Gasteiger partial charge in [0.1, 0.15) is 23.1 Å². The molecule has 1 unspecified atom stereocenters. The van der Waals surface area contributed by atoms with E-state index in [1.54, 1.807) is 39.3 Å². The highest BCUT2D eigenvalue weighted by molar-refractivity contribution is 8.00. The normalized spacial score (nSPS) is 11.9. The first kappa shape index (κ1) is 21.0. The molecular weight excluding hydrogens is 391 g/mol. The smallest absolute Gasteiger partial charge is 0.139 e. The zero-order valence-electron chi connectivity index (χ0n) is 16.8. The molecule has 0 fully saturated rings. The lowest BCUT2D eigenvalue weighted by Crippen LogP contribution is -2.13. The molecule has 0 saturated heterocycles. The Bertz CT molecular complexity index is 876. The number of aromatic nitrogens is 2. The largest absolute Gasteiger partial charge is 0.496 e. The first-order chi connectivity index (χ1) is 14.1. The Balaban J connectivity index is 1.83. The van der Waals surface area contributed by atoms with Crippen molar-refractivity contribution in [3.8, 4) is 17.2 Å². The molecule has 0 aliphatic rings. The predicted molar refractivity (Wildman–Crippen MR) is 113 cm³/mol. The van der Waals surface area contributed by atoms with Crippen molar-refractivity contribution in [2.24, 2.45) is 0 Å². The Hall–Kier alpha value is -2.67. The molecule has 1 aromatic heterocycles. The molecule has 0 N–H and O–H groups in total. The summed E-state index contributed by atoms with van der Waals surface area (Å²) in [5.41, 5.74) is 1.11. The number of halogens is 1. The van der Waals surface area contributed by atoms with Crippen molar-refractivity contribution in [3.05, 3.63) is 66.5 Å². The van der Waals surface area contributed by atoms with E-state index in [9.17, 15) is 4.39 Å². The van der Waals surface area contributed by atoms with E-state index in [0.717, 1.165) is 29.8 Å². The lowest BCUT2D eigenvalue weighted by atomic mass is 10.1. The Kier molecular flexibility index (Phi) is 7.41. The van der Waals surface area contributed by atoms with Gasteiger partial charge in [-0.15, -0.1) is 11.8 Å². The number of methoxy groups -OCH3 is 3. The number of thioether (sulfide) groups is 1. The Labute approximate surface area is 174 Å². The van der Waals surface area contributed by atoms with E-state index in [2.05, 4.69) is 9.55 Å². The number of nitrogens with zero attached hydrogens (tertiary/aromatic N) is 2. The molecule has 1 atom stereocenters. The second kappa shape index (κ2) is 10.2. The van der Waals surface area contributed by atoms with E-state index in [-0.39, 0.29) is 11.1 Å². The molecule has 5 nitrogen and oxygen atoms in total. The average molecular weight is 417 g/mol. The lowest BCUT2D eigenvalue weighted by Gasteiger charge is -2.21. The molecule has 0 aliphatic heterocycles. The number of hydrogen-bond acceptors (Lipinski definition) is 5. The minimum absolute atomic E-state index is 0.217. The zero-order valence-corrected chi connectivity index (χ0v) is 17.6. The first-order valence-electron chi connectivity index (χ1n) is 9.29. The van der Waals surface area contributed by atoms with Crippen molar-refractivity contribution in [2.45, 2.75) is 29.5 Å². The second-order valence-electron chi connectivity index (χ2n) is 6.53. The van der Waals surface area contributed by atoms with Crippen LogP contribution in [0.4, 0.5) is 4.39 Å². The van der Waals surface area contributed by atoms with E-state index < -0.39 is 0 Å². The van der Waals surface area contributed by atoms with E-state index in [4.69, 9.17) is 14.2 Å². The molecule has 3 rings (SSSR count). The van der Waals surface area contributed by atoms with Crippen LogP contribution in [-0.4, -0.2) is 36.1 Å². The standard InChI is InChI=1S/C22H25FN2O3S/c1-26-18-12-20(27-2)22(21(13-18)28-3)29-19(14-25-11-10-24-15-25)9-6-16-4-7-17(23)8-5-16/h4-5,7-8,10-13,15,19H,6,9,14H2,1-3H3. The fourth-order valence-corrected chi connectivity index (χ4v) is 4.39. The van der Waals surface area contributed by atoms with E-state index >= 15 is 0 Å². The zero-order chi connectivity index (χ0) is 20.6. The molecule has 0 bridgehead atoms. The van der Waals surface area contributed by atoms with Crippen LogP contribution in [0.1, 0.15) is 12.0 Å². The quantitative estimate of drug-likeness (QED) is 0.443. The molecule has 0 saturated carbocycles. The molecule has 0 amide bonds. The highest BCUT2D eigenvalue weighted by atomic mass is 32.2. The third-order valence-corrected chi connectivity index (χ3v) is 5.95. The average Bonchev–Trinajstić information content (AvgIpc) is 3.26. The summed E-state index contributed by atoms with van der Waals surface area (Å²) < 4.78 is 31.8. The van der Waals surface area contributed by atoms with Crippen LogP contribution in [0.5, 0.6) is 17.2 Å².